The fourth-order valence-electron chi connectivity index (χ4n) is 1.67. The van der Waals surface area contributed by atoms with Crippen LogP contribution in [0, 0.1) is 0 Å². The summed E-state index contributed by atoms with van der Waals surface area (Å²) >= 11 is 0. The van der Waals surface area contributed by atoms with Crippen LogP contribution in [-0.4, -0.2) is 23.2 Å². The zero-order valence-electron chi connectivity index (χ0n) is 7.60. The predicted octanol–water partition coefficient (Wildman–Crippen LogP) is 0.818. The predicted molar refractivity (Wildman–Crippen MR) is 46.7 cm³/mol. The maximum atomic E-state index is 11.4. The first-order valence-electron chi connectivity index (χ1n) is 4.70. The molecule has 1 fully saturated rings. The summed E-state index contributed by atoms with van der Waals surface area (Å²) in [5.74, 6) is -0.179. The van der Waals surface area contributed by atoms with Crippen molar-refractivity contribution >= 4 is 5.91 Å². The summed E-state index contributed by atoms with van der Waals surface area (Å²) in [6.07, 6.45) is 3.97. The van der Waals surface area contributed by atoms with E-state index in [1.54, 1.807) is 0 Å². The molecule has 1 atom stereocenters. The Hall–Kier alpha value is -0.570. The van der Waals surface area contributed by atoms with E-state index in [9.17, 15) is 9.90 Å². The van der Waals surface area contributed by atoms with Crippen LogP contribution in [0.5, 0.6) is 0 Å². The highest BCUT2D eigenvalue weighted by molar-refractivity contribution is 5.85. The summed E-state index contributed by atoms with van der Waals surface area (Å²) in [7, 11) is 0. The normalized spacial score (nSPS) is 31.0. The molecule has 3 nitrogen and oxygen atoms in total. The molecule has 0 aromatic heterocycles. The van der Waals surface area contributed by atoms with Gasteiger partial charge in [-0.3, -0.25) is 4.79 Å². The summed E-state index contributed by atoms with van der Waals surface area (Å²) in [6.45, 7) is 2.70. The zero-order valence-corrected chi connectivity index (χ0v) is 7.60. The van der Waals surface area contributed by atoms with Crippen LogP contribution in [0.2, 0.25) is 0 Å². The molecule has 0 aliphatic carbocycles. The molecule has 1 amide bonds. The van der Waals surface area contributed by atoms with Gasteiger partial charge in [-0.05, 0) is 25.7 Å². The van der Waals surface area contributed by atoms with Crippen LogP contribution >= 0.6 is 0 Å². The Balaban J connectivity index is 2.62. The van der Waals surface area contributed by atoms with E-state index in [2.05, 4.69) is 5.32 Å². The van der Waals surface area contributed by atoms with Crippen LogP contribution in [0.25, 0.3) is 0 Å². The number of carbonyl (C=O) groups is 1. The van der Waals surface area contributed by atoms with E-state index in [0.717, 1.165) is 19.3 Å². The average molecular weight is 171 g/mol. The minimum absolute atomic E-state index is 0.179. The van der Waals surface area contributed by atoms with E-state index in [1.165, 1.54) is 0 Å². The molecule has 2 N–H and O–H groups in total. The van der Waals surface area contributed by atoms with Crippen molar-refractivity contribution in [1.82, 2.24) is 5.32 Å². The Morgan fingerprint density at radius 2 is 2.33 bits per heavy atom. The summed E-state index contributed by atoms with van der Waals surface area (Å²) in [6, 6.07) is 0. The second kappa shape index (κ2) is 3.90. The second-order valence-electron chi connectivity index (χ2n) is 3.49. The van der Waals surface area contributed by atoms with Gasteiger partial charge in [0.25, 0.3) is 5.91 Å². The van der Waals surface area contributed by atoms with Crippen LogP contribution in [0.15, 0.2) is 0 Å². The minimum atomic E-state index is -1.08. The van der Waals surface area contributed by atoms with Gasteiger partial charge >= 0.3 is 0 Å². The molecule has 1 heterocycles. The van der Waals surface area contributed by atoms with Gasteiger partial charge in [0.05, 0.1) is 0 Å². The highest BCUT2D eigenvalue weighted by Gasteiger charge is 2.35. The van der Waals surface area contributed by atoms with Crippen molar-refractivity contribution in [3.05, 3.63) is 0 Å². The molecule has 70 valence electrons. The second-order valence-corrected chi connectivity index (χ2v) is 3.49. The van der Waals surface area contributed by atoms with E-state index in [4.69, 9.17) is 0 Å². The lowest BCUT2D eigenvalue weighted by Gasteiger charge is -2.23. The molecule has 1 aliphatic heterocycles. The van der Waals surface area contributed by atoms with Crippen molar-refractivity contribution in [2.45, 2.75) is 44.6 Å². The maximum absolute atomic E-state index is 11.4. The van der Waals surface area contributed by atoms with Crippen molar-refractivity contribution in [2.75, 3.05) is 6.54 Å². The minimum Gasteiger partial charge on any atom is -0.380 e. The standard InChI is InChI=1S/C9H17NO2/c1-2-5-9(12)6-3-4-7-10-8(9)11/h12H,2-7H2,1H3,(H,10,11). The van der Waals surface area contributed by atoms with E-state index < -0.39 is 5.60 Å². The Morgan fingerprint density at radius 1 is 1.58 bits per heavy atom. The summed E-state index contributed by atoms with van der Waals surface area (Å²) < 4.78 is 0. The molecular weight excluding hydrogens is 154 g/mol. The first-order valence-corrected chi connectivity index (χ1v) is 4.70. The van der Waals surface area contributed by atoms with Gasteiger partial charge in [-0.25, -0.2) is 0 Å². The first kappa shape index (κ1) is 9.52. The lowest BCUT2D eigenvalue weighted by atomic mass is 9.92. The van der Waals surface area contributed by atoms with Gasteiger partial charge in [0, 0.05) is 6.54 Å². The molecule has 0 aromatic carbocycles. The van der Waals surface area contributed by atoms with Crippen molar-refractivity contribution in [2.24, 2.45) is 0 Å². The molecule has 0 saturated carbocycles. The number of rotatable bonds is 2. The number of hydrogen-bond donors (Lipinski definition) is 2. The first-order chi connectivity index (χ1) is 5.69. The highest BCUT2D eigenvalue weighted by atomic mass is 16.3. The fourth-order valence-corrected chi connectivity index (χ4v) is 1.67. The smallest absolute Gasteiger partial charge is 0.251 e. The van der Waals surface area contributed by atoms with Crippen LogP contribution < -0.4 is 5.32 Å². The molecule has 0 spiro atoms. The van der Waals surface area contributed by atoms with Gasteiger partial charge in [0.15, 0.2) is 0 Å². The topological polar surface area (TPSA) is 49.3 Å². The number of carbonyl (C=O) groups excluding carboxylic acids is 1. The van der Waals surface area contributed by atoms with Gasteiger partial charge in [0.1, 0.15) is 5.60 Å². The number of nitrogens with one attached hydrogen (secondary N) is 1. The fraction of sp³-hybridized carbons (Fsp3) is 0.889. The number of aliphatic hydroxyl groups is 1. The van der Waals surface area contributed by atoms with E-state index in [-0.39, 0.29) is 5.91 Å². The Bertz CT molecular complexity index is 170. The molecule has 0 aromatic rings. The van der Waals surface area contributed by atoms with Crippen molar-refractivity contribution < 1.29 is 9.90 Å². The lowest BCUT2D eigenvalue weighted by Crippen LogP contribution is -2.45. The molecule has 1 rings (SSSR count). The van der Waals surface area contributed by atoms with Crippen LogP contribution in [0.4, 0.5) is 0 Å². The monoisotopic (exact) mass is 171 g/mol. The van der Waals surface area contributed by atoms with Crippen molar-refractivity contribution in [3.8, 4) is 0 Å². The SMILES string of the molecule is CCCC1(O)CCCCNC1=O. The average Bonchev–Trinajstić information content (AvgIpc) is 2.17. The van der Waals surface area contributed by atoms with Gasteiger partial charge in [-0.2, -0.15) is 0 Å². The molecular formula is C9H17NO2. The third kappa shape index (κ3) is 1.97. The van der Waals surface area contributed by atoms with Crippen molar-refractivity contribution in [3.63, 3.8) is 0 Å². The Kier molecular flexibility index (Phi) is 3.09. The van der Waals surface area contributed by atoms with Gasteiger partial charge in [-0.1, -0.05) is 13.3 Å². The van der Waals surface area contributed by atoms with Gasteiger partial charge in [-0.15, -0.1) is 0 Å². The molecule has 12 heavy (non-hydrogen) atoms. The lowest BCUT2D eigenvalue weighted by molar-refractivity contribution is -0.140. The van der Waals surface area contributed by atoms with Crippen molar-refractivity contribution in [1.29, 1.82) is 0 Å². The number of hydrogen-bond acceptors (Lipinski definition) is 2. The summed E-state index contributed by atoms with van der Waals surface area (Å²) in [5.41, 5.74) is -1.08. The largest absolute Gasteiger partial charge is 0.380 e. The summed E-state index contributed by atoms with van der Waals surface area (Å²) in [5, 5.41) is 12.6. The van der Waals surface area contributed by atoms with Gasteiger partial charge in [0.2, 0.25) is 0 Å². The summed E-state index contributed by atoms with van der Waals surface area (Å²) in [4.78, 5) is 11.4. The van der Waals surface area contributed by atoms with Crippen LogP contribution in [-0.2, 0) is 4.79 Å². The molecule has 0 bridgehead atoms. The molecule has 1 aliphatic rings. The molecule has 3 heteroatoms. The quantitative estimate of drug-likeness (QED) is 0.646. The maximum Gasteiger partial charge on any atom is 0.251 e. The van der Waals surface area contributed by atoms with E-state index in [1.807, 2.05) is 6.92 Å². The third-order valence-corrected chi connectivity index (χ3v) is 2.39. The third-order valence-electron chi connectivity index (χ3n) is 2.39. The van der Waals surface area contributed by atoms with Crippen LogP contribution in [0.1, 0.15) is 39.0 Å². The zero-order chi connectivity index (χ0) is 9.03. The Morgan fingerprint density at radius 3 is 3.00 bits per heavy atom. The molecule has 1 unspecified atom stereocenters. The van der Waals surface area contributed by atoms with Crippen LogP contribution in [0.3, 0.4) is 0 Å². The van der Waals surface area contributed by atoms with Gasteiger partial charge < -0.3 is 10.4 Å². The van der Waals surface area contributed by atoms with E-state index in [0.29, 0.717) is 19.4 Å². The number of amides is 1. The molecule has 1 saturated heterocycles. The molecule has 0 radical (unpaired) electrons. The van der Waals surface area contributed by atoms with E-state index >= 15 is 0 Å². The highest BCUT2D eigenvalue weighted by Crippen LogP contribution is 2.22. The Labute approximate surface area is 73.2 Å².